The number of hydrogen-bond donors (Lipinski definition) is 1. The summed E-state index contributed by atoms with van der Waals surface area (Å²) in [6.45, 7) is 5.76. The lowest BCUT2D eigenvalue weighted by atomic mass is 9.86. The fraction of sp³-hybridized carbons (Fsp3) is 0.533. The third kappa shape index (κ3) is 2.70. The van der Waals surface area contributed by atoms with E-state index in [0.717, 1.165) is 24.0 Å². The number of likely N-dealkylation sites (tertiary alicyclic amines) is 1. The number of rotatable bonds is 3. The first-order chi connectivity index (χ1) is 9.28. The van der Waals surface area contributed by atoms with E-state index in [-0.39, 0.29) is 0 Å². The third-order valence-corrected chi connectivity index (χ3v) is 4.61. The van der Waals surface area contributed by atoms with Crippen LogP contribution in [0.4, 0.5) is 0 Å². The van der Waals surface area contributed by atoms with Gasteiger partial charge >= 0.3 is 0 Å². The van der Waals surface area contributed by atoms with Crippen LogP contribution in [0.1, 0.15) is 31.4 Å². The maximum Gasteiger partial charge on any atom is 0.0782 e. The van der Waals surface area contributed by atoms with Crippen LogP contribution in [0, 0.1) is 5.92 Å². The van der Waals surface area contributed by atoms with E-state index in [4.69, 9.17) is 0 Å². The maximum atomic E-state index is 4.56. The van der Waals surface area contributed by atoms with Gasteiger partial charge in [0.25, 0.3) is 0 Å². The average Bonchev–Trinajstić information content (AvgIpc) is 2.83. The molecule has 1 aromatic rings. The molecule has 0 aromatic heterocycles. The van der Waals surface area contributed by atoms with Gasteiger partial charge in [0, 0.05) is 35.6 Å². The number of fused-ring (bicyclic) bond motifs is 1. The monoisotopic (exact) mass is 321 g/mol. The zero-order valence-corrected chi connectivity index (χ0v) is 12.9. The van der Waals surface area contributed by atoms with E-state index in [1.165, 1.54) is 24.2 Å². The van der Waals surface area contributed by atoms with Gasteiger partial charge in [0.15, 0.2) is 0 Å². The predicted molar refractivity (Wildman–Crippen MR) is 82.3 cm³/mol. The largest absolute Gasteiger partial charge is 0.302 e. The minimum atomic E-state index is 0.350. The Morgan fingerprint density at radius 2 is 2.16 bits per heavy atom. The smallest absolute Gasteiger partial charge is 0.0782 e. The predicted octanol–water partition coefficient (Wildman–Crippen LogP) is 3.18. The molecule has 1 aromatic carbocycles. The molecule has 102 valence electrons. The van der Waals surface area contributed by atoms with E-state index < -0.39 is 0 Å². The molecule has 0 radical (unpaired) electrons. The SMILES string of the molecule is CCCN1CCC2=NNC(c3ccc(Br)cc3)C2C1. The van der Waals surface area contributed by atoms with Gasteiger partial charge in [0.05, 0.1) is 6.04 Å². The first-order valence-electron chi connectivity index (χ1n) is 7.07. The minimum Gasteiger partial charge on any atom is -0.302 e. The summed E-state index contributed by atoms with van der Waals surface area (Å²) in [4.78, 5) is 2.57. The van der Waals surface area contributed by atoms with Gasteiger partial charge in [-0.1, -0.05) is 35.0 Å². The third-order valence-electron chi connectivity index (χ3n) is 4.09. The Hall–Kier alpha value is -0.870. The van der Waals surface area contributed by atoms with Gasteiger partial charge in [-0.15, -0.1) is 0 Å². The van der Waals surface area contributed by atoms with Crippen LogP contribution in [0.15, 0.2) is 33.8 Å². The molecule has 1 N–H and O–H groups in total. The lowest BCUT2D eigenvalue weighted by molar-refractivity contribution is 0.228. The Bertz CT molecular complexity index is 469. The van der Waals surface area contributed by atoms with Crippen LogP contribution in [0.3, 0.4) is 0 Å². The van der Waals surface area contributed by atoms with Crippen LogP contribution in [0.2, 0.25) is 0 Å². The number of hydrogen-bond acceptors (Lipinski definition) is 3. The van der Waals surface area contributed by atoms with Crippen molar-refractivity contribution in [1.29, 1.82) is 0 Å². The molecule has 19 heavy (non-hydrogen) atoms. The summed E-state index contributed by atoms with van der Waals surface area (Å²) in [5.41, 5.74) is 6.04. The summed E-state index contributed by atoms with van der Waals surface area (Å²) in [6.07, 6.45) is 2.35. The number of nitrogens with zero attached hydrogens (tertiary/aromatic N) is 2. The van der Waals surface area contributed by atoms with E-state index in [9.17, 15) is 0 Å². The fourth-order valence-electron chi connectivity index (χ4n) is 3.11. The van der Waals surface area contributed by atoms with Crippen LogP contribution >= 0.6 is 15.9 Å². The van der Waals surface area contributed by atoms with Gasteiger partial charge in [0.1, 0.15) is 0 Å². The summed E-state index contributed by atoms with van der Waals surface area (Å²) < 4.78 is 1.13. The molecule has 1 saturated heterocycles. The lowest BCUT2D eigenvalue weighted by Crippen LogP contribution is -2.42. The highest BCUT2D eigenvalue weighted by Gasteiger charge is 2.36. The van der Waals surface area contributed by atoms with Crippen molar-refractivity contribution in [3.63, 3.8) is 0 Å². The Morgan fingerprint density at radius 1 is 1.37 bits per heavy atom. The molecule has 0 bridgehead atoms. The molecule has 0 spiro atoms. The molecule has 2 atom stereocenters. The second kappa shape index (κ2) is 5.63. The molecule has 2 aliphatic rings. The molecule has 4 heteroatoms. The quantitative estimate of drug-likeness (QED) is 0.925. The molecule has 0 amide bonds. The number of benzene rings is 1. The Morgan fingerprint density at radius 3 is 2.89 bits per heavy atom. The summed E-state index contributed by atoms with van der Waals surface area (Å²) in [6, 6.07) is 8.96. The normalized spacial score (nSPS) is 26.7. The van der Waals surface area contributed by atoms with Gasteiger partial charge in [-0.3, -0.25) is 0 Å². The maximum absolute atomic E-state index is 4.56. The Balaban J connectivity index is 1.76. The van der Waals surface area contributed by atoms with E-state index in [1.807, 2.05) is 0 Å². The van der Waals surface area contributed by atoms with Crippen LogP contribution in [-0.2, 0) is 0 Å². The van der Waals surface area contributed by atoms with Gasteiger partial charge < -0.3 is 10.3 Å². The van der Waals surface area contributed by atoms with E-state index in [0.29, 0.717) is 12.0 Å². The van der Waals surface area contributed by atoms with Crippen LogP contribution in [0.25, 0.3) is 0 Å². The van der Waals surface area contributed by atoms with Crippen LogP contribution in [-0.4, -0.2) is 30.2 Å². The Labute approximate surface area is 123 Å². The zero-order chi connectivity index (χ0) is 13.2. The lowest BCUT2D eigenvalue weighted by Gasteiger charge is -2.33. The summed E-state index contributed by atoms with van der Waals surface area (Å²) in [5, 5.41) is 4.56. The van der Waals surface area contributed by atoms with Gasteiger partial charge in [-0.05, 0) is 30.7 Å². The standard InChI is InChI=1S/C15H20BrN3/c1-2-8-19-9-7-14-13(10-19)15(18-17-14)11-3-5-12(16)6-4-11/h3-6,13,15,18H,2,7-10H2,1H3. The van der Waals surface area contributed by atoms with Gasteiger partial charge in [0.2, 0.25) is 0 Å². The van der Waals surface area contributed by atoms with E-state index >= 15 is 0 Å². The van der Waals surface area contributed by atoms with Gasteiger partial charge in [-0.25, -0.2) is 0 Å². The number of nitrogens with one attached hydrogen (secondary N) is 1. The van der Waals surface area contributed by atoms with Crippen LogP contribution < -0.4 is 5.43 Å². The Kier molecular flexibility index (Phi) is 3.89. The second-order valence-corrected chi connectivity index (χ2v) is 6.33. The highest BCUT2D eigenvalue weighted by molar-refractivity contribution is 9.10. The number of piperidine rings is 1. The summed E-state index contributed by atoms with van der Waals surface area (Å²) in [7, 11) is 0. The van der Waals surface area contributed by atoms with E-state index in [1.54, 1.807) is 0 Å². The van der Waals surface area contributed by atoms with Crippen molar-refractivity contribution in [1.82, 2.24) is 10.3 Å². The summed E-state index contributed by atoms with van der Waals surface area (Å²) >= 11 is 3.50. The molecule has 2 heterocycles. The molecule has 0 saturated carbocycles. The van der Waals surface area contributed by atoms with Crippen molar-refractivity contribution in [2.75, 3.05) is 19.6 Å². The molecule has 2 unspecified atom stereocenters. The number of hydrazone groups is 1. The zero-order valence-electron chi connectivity index (χ0n) is 11.3. The fourth-order valence-corrected chi connectivity index (χ4v) is 3.37. The molecular formula is C15H20BrN3. The van der Waals surface area contributed by atoms with Crippen molar-refractivity contribution >= 4 is 21.6 Å². The molecule has 0 aliphatic carbocycles. The average molecular weight is 322 g/mol. The van der Waals surface area contributed by atoms with Crippen molar-refractivity contribution in [2.24, 2.45) is 11.0 Å². The van der Waals surface area contributed by atoms with E-state index in [2.05, 4.69) is 62.5 Å². The molecule has 2 aliphatic heterocycles. The van der Waals surface area contributed by atoms with Crippen molar-refractivity contribution in [3.8, 4) is 0 Å². The molecule has 3 nitrogen and oxygen atoms in total. The van der Waals surface area contributed by atoms with Crippen molar-refractivity contribution < 1.29 is 0 Å². The highest BCUT2D eigenvalue weighted by atomic mass is 79.9. The highest BCUT2D eigenvalue weighted by Crippen LogP contribution is 2.32. The molecule has 3 rings (SSSR count). The van der Waals surface area contributed by atoms with Crippen LogP contribution in [0.5, 0.6) is 0 Å². The number of halogens is 1. The topological polar surface area (TPSA) is 27.6 Å². The molecular weight excluding hydrogens is 302 g/mol. The first kappa shape index (κ1) is 13.1. The van der Waals surface area contributed by atoms with Gasteiger partial charge in [-0.2, -0.15) is 5.10 Å². The van der Waals surface area contributed by atoms with Crippen molar-refractivity contribution in [2.45, 2.75) is 25.8 Å². The second-order valence-electron chi connectivity index (χ2n) is 5.42. The first-order valence-corrected chi connectivity index (χ1v) is 7.87. The molecule has 1 fully saturated rings. The minimum absolute atomic E-state index is 0.350. The van der Waals surface area contributed by atoms with Crippen molar-refractivity contribution in [3.05, 3.63) is 34.3 Å². The summed E-state index contributed by atoms with van der Waals surface area (Å²) in [5.74, 6) is 0.543.